The number of nitrogens with two attached hydrogens (primary N) is 5. The Bertz CT molecular complexity index is 963. The summed E-state index contributed by atoms with van der Waals surface area (Å²) in [4.78, 5) is 20.7. The SMILES string of the molecule is C[C@H](NC[C@H](CCCN=C(N)N)NC(=O)[C@@H](N)CCCN=C(N)N)c1cccc2ccccc12. The molecule has 2 rings (SSSR count). The molecule has 0 unspecified atom stereocenters. The molecular weight excluding hydrogens is 430 g/mol. The van der Waals surface area contributed by atoms with Gasteiger partial charge in [0.15, 0.2) is 11.9 Å². The topological polar surface area (TPSA) is 196 Å². The van der Waals surface area contributed by atoms with Gasteiger partial charge >= 0.3 is 0 Å². The lowest BCUT2D eigenvalue weighted by atomic mass is 9.99. The number of fused-ring (bicyclic) bond motifs is 1. The molecule has 0 bridgehead atoms. The van der Waals surface area contributed by atoms with Gasteiger partial charge in [-0.1, -0.05) is 42.5 Å². The molecule has 0 fully saturated rings. The number of guanidine groups is 2. The van der Waals surface area contributed by atoms with Gasteiger partial charge < -0.3 is 39.3 Å². The van der Waals surface area contributed by atoms with Crippen LogP contribution in [0.2, 0.25) is 0 Å². The van der Waals surface area contributed by atoms with E-state index in [1.165, 1.54) is 16.3 Å². The highest BCUT2D eigenvalue weighted by atomic mass is 16.2. The van der Waals surface area contributed by atoms with E-state index in [4.69, 9.17) is 28.7 Å². The molecule has 0 heterocycles. The van der Waals surface area contributed by atoms with Crippen molar-refractivity contribution in [3.63, 3.8) is 0 Å². The summed E-state index contributed by atoms with van der Waals surface area (Å²) in [5, 5.41) is 9.05. The fourth-order valence-corrected chi connectivity index (χ4v) is 3.79. The maximum Gasteiger partial charge on any atom is 0.237 e. The quantitative estimate of drug-likeness (QED) is 0.118. The molecule has 0 aliphatic rings. The summed E-state index contributed by atoms with van der Waals surface area (Å²) >= 11 is 0. The van der Waals surface area contributed by atoms with Crippen molar-refractivity contribution < 1.29 is 4.79 Å². The van der Waals surface area contributed by atoms with E-state index < -0.39 is 6.04 Å². The molecule has 0 saturated carbocycles. The molecule has 2 aromatic carbocycles. The highest BCUT2D eigenvalue weighted by Crippen LogP contribution is 2.24. The highest BCUT2D eigenvalue weighted by molar-refractivity contribution is 5.86. The Morgan fingerprint density at radius 3 is 2.21 bits per heavy atom. The van der Waals surface area contributed by atoms with Crippen LogP contribution in [-0.2, 0) is 4.79 Å². The predicted molar refractivity (Wildman–Crippen MR) is 140 cm³/mol. The molecule has 186 valence electrons. The summed E-state index contributed by atoms with van der Waals surface area (Å²) in [5.41, 5.74) is 28.8. The second-order valence-electron chi connectivity index (χ2n) is 8.41. The summed E-state index contributed by atoms with van der Waals surface area (Å²) in [6.07, 6.45) is 2.55. The number of amides is 1. The van der Waals surface area contributed by atoms with Crippen LogP contribution in [0.5, 0.6) is 0 Å². The molecule has 0 aliphatic heterocycles. The normalized spacial score (nSPS) is 13.6. The summed E-state index contributed by atoms with van der Waals surface area (Å²) in [6, 6.07) is 13.9. The molecule has 10 nitrogen and oxygen atoms in total. The molecule has 34 heavy (non-hydrogen) atoms. The van der Waals surface area contributed by atoms with Gasteiger partial charge in [0.25, 0.3) is 0 Å². The van der Waals surface area contributed by atoms with Gasteiger partial charge in [0, 0.05) is 31.7 Å². The number of hydrogen-bond donors (Lipinski definition) is 7. The van der Waals surface area contributed by atoms with Crippen LogP contribution in [0.4, 0.5) is 0 Å². The van der Waals surface area contributed by atoms with Crippen LogP contribution in [-0.4, -0.2) is 49.5 Å². The minimum atomic E-state index is -0.634. The zero-order valence-corrected chi connectivity index (χ0v) is 19.9. The van der Waals surface area contributed by atoms with Crippen molar-refractivity contribution in [2.24, 2.45) is 38.7 Å². The van der Waals surface area contributed by atoms with Gasteiger partial charge in [0.2, 0.25) is 5.91 Å². The van der Waals surface area contributed by atoms with Crippen LogP contribution in [0.1, 0.15) is 44.2 Å². The van der Waals surface area contributed by atoms with E-state index >= 15 is 0 Å². The van der Waals surface area contributed by atoms with Crippen LogP contribution >= 0.6 is 0 Å². The summed E-state index contributed by atoms with van der Waals surface area (Å²) in [5.74, 6) is -0.104. The van der Waals surface area contributed by atoms with Crippen molar-refractivity contribution >= 4 is 28.6 Å². The van der Waals surface area contributed by atoms with Gasteiger partial charge in [-0.05, 0) is 48.9 Å². The Labute approximate surface area is 201 Å². The number of carbonyl (C=O) groups is 1. The Hall–Kier alpha value is -3.37. The van der Waals surface area contributed by atoms with Crippen LogP contribution in [0.3, 0.4) is 0 Å². The first-order valence-electron chi connectivity index (χ1n) is 11.7. The lowest BCUT2D eigenvalue weighted by molar-refractivity contribution is -0.123. The van der Waals surface area contributed by atoms with Gasteiger partial charge in [0.1, 0.15) is 0 Å². The van der Waals surface area contributed by atoms with Crippen molar-refractivity contribution in [3.8, 4) is 0 Å². The Morgan fingerprint density at radius 1 is 0.912 bits per heavy atom. The molecule has 12 N–H and O–H groups in total. The number of benzene rings is 2. The van der Waals surface area contributed by atoms with Gasteiger partial charge in [-0.25, -0.2) is 0 Å². The van der Waals surface area contributed by atoms with Gasteiger partial charge in [-0.2, -0.15) is 0 Å². The van der Waals surface area contributed by atoms with Crippen LogP contribution < -0.4 is 39.3 Å². The molecule has 3 atom stereocenters. The second-order valence-corrected chi connectivity index (χ2v) is 8.41. The fraction of sp³-hybridized carbons (Fsp3) is 0.458. The van der Waals surface area contributed by atoms with Crippen molar-refractivity contribution in [1.29, 1.82) is 0 Å². The van der Waals surface area contributed by atoms with Crippen LogP contribution in [0.25, 0.3) is 10.8 Å². The average molecular weight is 470 g/mol. The smallest absolute Gasteiger partial charge is 0.237 e. The molecule has 0 radical (unpaired) electrons. The lowest BCUT2D eigenvalue weighted by Crippen LogP contribution is -2.49. The minimum Gasteiger partial charge on any atom is -0.370 e. The lowest BCUT2D eigenvalue weighted by Gasteiger charge is -2.24. The van der Waals surface area contributed by atoms with Crippen molar-refractivity contribution in [2.75, 3.05) is 19.6 Å². The Balaban J connectivity index is 1.98. The molecule has 10 heteroatoms. The first-order chi connectivity index (χ1) is 16.3. The van der Waals surface area contributed by atoms with Crippen molar-refractivity contribution in [1.82, 2.24) is 10.6 Å². The largest absolute Gasteiger partial charge is 0.370 e. The third-order valence-electron chi connectivity index (χ3n) is 5.62. The highest BCUT2D eigenvalue weighted by Gasteiger charge is 2.19. The number of carbonyl (C=O) groups excluding carboxylic acids is 1. The fourth-order valence-electron chi connectivity index (χ4n) is 3.79. The third kappa shape index (κ3) is 9.24. The predicted octanol–water partition coefficient (Wildman–Crippen LogP) is 0.410. The summed E-state index contributed by atoms with van der Waals surface area (Å²) < 4.78 is 0. The van der Waals surface area contributed by atoms with E-state index in [0.29, 0.717) is 38.9 Å². The number of rotatable bonds is 14. The molecule has 0 aromatic heterocycles. The van der Waals surface area contributed by atoms with Gasteiger partial charge in [-0.3, -0.25) is 14.8 Å². The van der Waals surface area contributed by atoms with E-state index in [0.717, 1.165) is 6.42 Å². The zero-order chi connectivity index (χ0) is 24.9. The maximum atomic E-state index is 12.7. The minimum absolute atomic E-state index is 0.0326. The number of nitrogens with one attached hydrogen (secondary N) is 2. The first kappa shape index (κ1) is 26.9. The van der Waals surface area contributed by atoms with Crippen LogP contribution in [0, 0.1) is 0 Å². The van der Waals surface area contributed by atoms with Crippen molar-refractivity contribution in [2.45, 2.75) is 50.7 Å². The van der Waals surface area contributed by atoms with Gasteiger partial charge in [-0.15, -0.1) is 0 Å². The molecule has 0 saturated heterocycles. The van der Waals surface area contributed by atoms with E-state index in [1.54, 1.807) is 0 Å². The standard InChI is InChI=1S/C24H39N9O/c1-16(19-11-4-8-17-7-2-3-10-20(17)19)32-15-18(9-5-13-30-23(26)27)33-22(34)21(25)12-6-14-31-24(28)29/h2-4,7-8,10-11,16,18,21,32H,5-6,9,12-15,25H2,1H3,(H,33,34)(H4,26,27,30)(H4,28,29,31)/t16-,18-,21-/m0/s1. The third-order valence-corrected chi connectivity index (χ3v) is 5.62. The van der Waals surface area contributed by atoms with E-state index in [9.17, 15) is 4.79 Å². The van der Waals surface area contributed by atoms with Crippen LogP contribution in [0.15, 0.2) is 52.4 Å². The average Bonchev–Trinajstić information content (AvgIpc) is 2.81. The molecule has 0 spiro atoms. The first-order valence-corrected chi connectivity index (χ1v) is 11.7. The van der Waals surface area contributed by atoms with Crippen molar-refractivity contribution in [3.05, 3.63) is 48.0 Å². The Kier molecular flexibility index (Phi) is 11.1. The number of nitrogens with zero attached hydrogens (tertiary/aromatic N) is 2. The molecular formula is C24H39N9O. The zero-order valence-electron chi connectivity index (χ0n) is 19.9. The van der Waals surface area contributed by atoms with Gasteiger partial charge in [0.05, 0.1) is 6.04 Å². The molecule has 1 amide bonds. The van der Waals surface area contributed by atoms with E-state index in [-0.39, 0.29) is 29.9 Å². The summed E-state index contributed by atoms with van der Waals surface area (Å²) in [7, 11) is 0. The van der Waals surface area contributed by atoms with E-state index in [2.05, 4.69) is 57.9 Å². The second kappa shape index (κ2) is 14.0. The van der Waals surface area contributed by atoms with E-state index in [1.807, 2.05) is 12.1 Å². The maximum absolute atomic E-state index is 12.7. The molecule has 0 aliphatic carbocycles. The summed E-state index contributed by atoms with van der Waals surface area (Å²) in [6.45, 7) is 3.64. The number of hydrogen-bond acceptors (Lipinski definition) is 5. The Morgan fingerprint density at radius 2 is 1.53 bits per heavy atom. The monoisotopic (exact) mass is 469 g/mol. The number of aliphatic imine (C=N–C) groups is 2. The molecule has 2 aromatic rings.